The molecule has 0 amide bonds. The highest BCUT2D eigenvalue weighted by molar-refractivity contribution is 8.03. The van der Waals surface area contributed by atoms with E-state index in [1.54, 1.807) is 0 Å². The van der Waals surface area contributed by atoms with E-state index in [2.05, 4.69) is 6.92 Å². The Morgan fingerprint density at radius 3 is 2.57 bits per heavy atom. The number of esters is 1. The summed E-state index contributed by atoms with van der Waals surface area (Å²) in [4.78, 5) is 23.1. The maximum absolute atomic E-state index is 10.9. The van der Waals surface area contributed by atoms with Crippen molar-refractivity contribution in [2.24, 2.45) is 5.92 Å². The zero-order valence-electron chi connectivity index (χ0n) is 14.4. The molecule has 0 bridgehead atoms. The molecular formula is C17H27ClO4S. The second-order valence-electron chi connectivity index (χ2n) is 5.75. The minimum Gasteiger partial charge on any atom is -0.497 e. The molecule has 0 aromatic heterocycles. The number of thioether (sulfide) groups is 1. The number of carbonyl (C=O) groups excluding carboxylic acids is 2. The number of carbonyl (C=O) groups is 2. The van der Waals surface area contributed by atoms with Crippen molar-refractivity contribution < 1.29 is 19.1 Å². The summed E-state index contributed by atoms with van der Waals surface area (Å²) in [6, 6.07) is 0. The first-order valence-electron chi connectivity index (χ1n) is 8.19. The van der Waals surface area contributed by atoms with Crippen molar-refractivity contribution in [3.05, 3.63) is 10.7 Å². The van der Waals surface area contributed by atoms with Gasteiger partial charge in [-0.3, -0.25) is 9.59 Å². The van der Waals surface area contributed by atoms with Crippen LogP contribution in [-0.2, 0) is 19.1 Å². The van der Waals surface area contributed by atoms with Crippen LogP contribution in [0.2, 0.25) is 0 Å². The van der Waals surface area contributed by atoms with Gasteiger partial charge in [-0.2, -0.15) is 0 Å². The molecule has 2 aliphatic heterocycles. The fraction of sp³-hybridized carbons (Fsp3) is 0.765. The Morgan fingerprint density at radius 1 is 1.43 bits per heavy atom. The van der Waals surface area contributed by atoms with Crippen LogP contribution in [0.1, 0.15) is 53.4 Å². The molecule has 0 spiro atoms. The third kappa shape index (κ3) is 6.76. The van der Waals surface area contributed by atoms with Gasteiger partial charge in [-0.25, -0.2) is 0 Å². The summed E-state index contributed by atoms with van der Waals surface area (Å²) in [5, 5.41) is 0.268. The Kier molecular flexibility index (Phi) is 9.07. The highest BCUT2D eigenvalue weighted by atomic mass is 35.5. The molecule has 3 atom stereocenters. The summed E-state index contributed by atoms with van der Waals surface area (Å²) in [6.45, 7) is 8.37. The van der Waals surface area contributed by atoms with Gasteiger partial charge in [0.2, 0.25) is 0 Å². The Bertz CT molecular complexity index is 450. The maximum atomic E-state index is 10.9. The molecule has 0 aromatic carbocycles. The predicted octanol–water partition coefficient (Wildman–Crippen LogP) is 4.31. The van der Waals surface area contributed by atoms with Crippen molar-refractivity contribution in [2.45, 2.75) is 64.9 Å². The summed E-state index contributed by atoms with van der Waals surface area (Å²) in [6.07, 6.45) is 3.34. The van der Waals surface area contributed by atoms with Gasteiger partial charge < -0.3 is 9.47 Å². The number of rotatable bonds is 5. The molecule has 2 heterocycles. The minimum absolute atomic E-state index is 0.0311. The third-order valence-corrected chi connectivity index (χ3v) is 5.57. The smallest absolute Gasteiger partial charge is 0.316 e. The summed E-state index contributed by atoms with van der Waals surface area (Å²) < 4.78 is 10.4. The van der Waals surface area contributed by atoms with Crippen LogP contribution in [0.15, 0.2) is 10.7 Å². The number of ketones is 1. The van der Waals surface area contributed by atoms with Crippen LogP contribution in [0, 0.1) is 5.92 Å². The van der Waals surface area contributed by atoms with Crippen LogP contribution >= 0.6 is 23.4 Å². The number of cyclic esters (lactones) is 1. The van der Waals surface area contributed by atoms with Crippen LogP contribution in [0.3, 0.4) is 0 Å². The number of halogens is 1. The standard InChI is InChI=1S/C9H15ClOS.C8H12O3/c1-3-8(10)6-9-7(2)11-4-5-12-9;1-3-6-4-7(5(2)9)8(10)11-6/h8H,3-6H2,1-2H3;6-7H,3-4H2,1-2H3. The van der Waals surface area contributed by atoms with E-state index in [0.717, 1.165) is 37.4 Å². The number of hydrogen-bond acceptors (Lipinski definition) is 5. The van der Waals surface area contributed by atoms with Gasteiger partial charge in [0, 0.05) is 22.5 Å². The number of alkyl halides is 1. The van der Waals surface area contributed by atoms with E-state index in [1.807, 2.05) is 25.6 Å². The van der Waals surface area contributed by atoms with Gasteiger partial charge in [-0.15, -0.1) is 23.4 Å². The SMILES string of the molecule is CCC(Cl)CC1=C(C)OCCS1.CCC1CC(C(C)=O)C(=O)O1. The normalized spacial score (nSPS) is 25.2. The highest BCUT2D eigenvalue weighted by Gasteiger charge is 2.36. The van der Waals surface area contributed by atoms with E-state index in [1.165, 1.54) is 11.8 Å². The first-order valence-corrected chi connectivity index (χ1v) is 9.61. The quantitative estimate of drug-likeness (QED) is 0.414. The van der Waals surface area contributed by atoms with Gasteiger partial charge >= 0.3 is 5.97 Å². The second-order valence-corrected chi connectivity index (χ2v) is 7.56. The fourth-order valence-corrected chi connectivity index (χ4v) is 3.57. The van der Waals surface area contributed by atoms with Crippen molar-refractivity contribution in [1.82, 2.24) is 0 Å². The number of allylic oxidation sites excluding steroid dienone is 2. The third-order valence-electron chi connectivity index (χ3n) is 3.93. The molecule has 0 N–H and O–H groups in total. The molecule has 0 saturated carbocycles. The molecule has 23 heavy (non-hydrogen) atoms. The maximum Gasteiger partial charge on any atom is 0.316 e. The van der Waals surface area contributed by atoms with Crippen LogP contribution in [0.25, 0.3) is 0 Å². The highest BCUT2D eigenvalue weighted by Crippen LogP contribution is 2.31. The lowest BCUT2D eigenvalue weighted by molar-refractivity contribution is -0.146. The van der Waals surface area contributed by atoms with E-state index in [0.29, 0.717) is 6.42 Å². The Morgan fingerprint density at radius 2 is 2.13 bits per heavy atom. The summed E-state index contributed by atoms with van der Waals surface area (Å²) in [7, 11) is 0. The van der Waals surface area contributed by atoms with Crippen LogP contribution in [-0.4, -0.2) is 35.6 Å². The monoisotopic (exact) mass is 362 g/mol. The average molecular weight is 363 g/mol. The van der Waals surface area contributed by atoms with Crippen molar-refractivity contribution in [3.8, 4) is 0 Å². The number of hydrogen-bond donors (Lipinski definition) is 0. The first-order chi connectivity index (χ1) is 10.9. The van der Waals surface area contributed by atoms with Crippen molar-refractivity contribution in [1.29, 1.82) is 0 Å². The van der Waals surface area contributed by atoms with E-state index in [4.69, 9.17) is 21.1 Å². The largest absolute Gasteiger partial charge is 0.497 e. The zero-order chi connectivity index (χ0) is 17.4. The fourth-order valence-electron chi connectivity index (χ4n) is 2.33. The zero-order valence-corrected chi connectivity index (χ0v) is 16.0. The lowest BCUT2D eigenvalue weighted by Crippen LogP contribution is -2.15. The molecule has 3 unspecified atom stereocenters. The van der Waals surface area contributed by atoms with E-state index in [9.17, 15) is 9.59 Å². The lowest BCUT2D eigenvalue weighted by atomic mass is 10.0. The first kappa shape index (κ1) is 20.4. The molecular weight excluding hydrogens is 336 g/mol. The number of ether oxygens (including phenoxy) is 2. The number of Topliss-reactive ketones (excluding diaryl/α,β-unsaturated/α-hetero) is 1. The predicted molar refractivity (Wildman–Crippen MR) is 94.6 cm³/mol. The van der Waals surface area contributed by atoms with E-state index >= 15 is 0 Å². The second kappa shape index (κ2) is 10.2. The molecule has 6 heteroatoms. The van der Waals surface area contributed by atoms with Crippen LogP contribution in [0.4, 0.5) is 0 Å². The average Bonchev–Trinajstić information content (AvgIpc) is 2.91. The Hall–Kier alpha value is -0.680. The molecule has 0 radical (unpaired) electrons. The van der Waals surface area contributed by atoms with E-state index < -0.39 is 5.92 Å². The molecule has 0 aliphatic carbocycles. The molecule has 1 fully saturated rings. The van der Waals surface area contributed by atoms with Gasteiger partial charge in [0.15, 0.2) is 0 Å². The van der Waals surface area contributed by atoms with Crippen molar-refractivity contribution >= 4 is 35.1 Å². The summed E-state index contributed by atoms with van der Waals surface area (Å²) >= 11 is 7.95. The summed E-state index contributed by atoms with van der Waals surface area (Å²) in [5.41, 5.74) is 0. The molecule has 1 saturated heterocycles. The van der Waals surface area contributed by atoms with Crippen LogP contribution in [0.5, 0.6) is 0 Å². The van der Waals surface area contributed by atoms with Crippen molar-refractivity contribution in [3.63, 3.8) is 0 Å². The molecule has 132 valence electrons. The lowest BCUT2D eigenvalue weighted by Gasteiger charge is -2.19. The minimum atomic E-state index is -0.486. The molecule has 2 aliphatic rings. The molecule has 2 rings (SSSR count). The van der Waals surface area contributed by atoms with Gasteiger partial charge in [-0.05, 0) is 33.1 Å². The summed E-state index contributed by atoms with van der Waals surface area (Å²) in [5.74, 6) is 1.24. The van der Waals surface area contributed by atoms with Gasteiger partial charge in [0.05, 0.1) is 6.61 Å². The topological polar surface area (TPSA) is 52.6 Å². The molecule has 0 aromatic rings. The molecule has 4 nitrogen and oxygen atoms in total. The Balaban J connectivity index is 0.000000231. The van der Waals surface area contributed by atoms with E-state index in [-0.39, 0.29) is 23.2 Å². The van der Waals surface area contributed by atoms with Gasteiger partial charge in [0.25, 0.3) is 0 Å². The van der Waals surface area contributed by atoms with Gasteiger partial charge in [0.1, 0.15) is 23.6 Å². The van der Waals surface area contributed by atoms with Crippen LogP contribution < -0.4 is 0 Å². The van der Waals surface area contributed by atoms with Crippen molar-refractivity contribution in [2.75, 3.05) is 12.4 Å². The Labute approximate surface area is 148 Å². The van der Waals surface area contributed by atoms with Gasteiger partial charge in [-0.1, -0.05) is 13.8 Å².